The first-order valence-corrected chi connectivity index (χ1v) is 13.6. The van der Waals surface area contributed by atoms with Crippen molar-refractivity contribution in [2.75, 3.05) is 18.4 Å². The molecule has 0 bridgehead atoms. The maximum atomic E-state index is 13.8. The second kappa shape index (κ2) is 12.9. The van der Waals surface area contributed by atoms with E-state index in [0.717, 1.165) is 24.8 Å². The van der Waals surface area contributed by atoms with Crippen LogP contribution in [0.1, 0.15) is 80.4 Å². The zero-order chi connectivity index (χ0) is 27.0. The lowest BCUT2D eigenvalue weighted by Gasteiger charge is -2.30. The fourth-order valence-electron chi connectivity index (χ4n) is 4.01. The van der Waals surface area contributed by atoms with Crippen LogP contribution in [0, 0.1) is 0 Å². The van der Waals surface area contributed by atoms with Gasteiger partial charge in [-0.25, -0.2) is 13.8 Å². The molecule has 0 aliphatic carbocycles. The van der Waals surface area contributed by atoms with Crippen molar-refractivity contribution < 1.29 is 18.4 Å². The Morgan fingerprint density at radius 1 is 1.08 bits per heavy atom. The number of carbonyl (C=O) groups excluding carboxylic acids is 2. The number of hydrogen-bond acceptors (Lipinski definition) is 4. The van der Waals surface area contributed by atoms with Crippen molar-refractivity contribution in [3.63, 3.8) is 0 Å². The predicted molar refractivity (Wildman–Crippen MR) is 146 cm³/mol. The smallest absolute Gasteiger partial charge is 0.275 e. The number of aromatic nitrogens is 1. The maximum absolute atomic E-state index is 13.8. The van der Waals surface area contributed by atoms with E-state index in [4.69, 9.17) is 0 Å². The van der Waals surface area contributed by atoms with Crippen LogP contribution in [0.2, 0.25) is 0 Å². The molecule has 1 N–H and O–H groups in total. The summed E-state index contributed by atoms with van der Waals surface area (Å²) in [6.45, 7) is 8.20. The number of amides is 2. The summed E-state index contributed by atoms with van der Waals surface area (Å²) in [5.74, 6) is -2.98. The van der Waals surface area contributed by atoms with E-state index in [0.29, 0.717) is 35.6 Å². The van der Waals surface area contributed by atoms with Gasteiger partial charge in [0, 0.05) is 55.0 Å². The molecule has 5 nitrogen and oxygen atoms in total. The number of para-hydroxylation sites is 1. The fraction of sp³-hybridized carbons (Fsp3) is 0.414. The molecule has 198 valence electrons. The molecule has 4 rings (SSSR count). The van der Waals surface area contributed by atoms with Crippen LogP contribution in [0.25, 0.3) is 11.1 Å². The van der Waals surface area contributed by atoms with Gasteiger partial charge in [-0.05, 0) is 30.5 Å². The average molecular weight is 528 g/mol. The number of halogens is 2. The third-order valence-electron chi connectivity index (χ3n) is 6.40. The zero-order valence-electron chi connectivity index (χ0n) is 21.9. The molecule has 1 fully saturated rings. The van der Waals surface area contributed by atoms with Crippen LogP contribution >= 0.6 is 11.3 Å². The van der Waals surface area contributed by atoms with E-state index in [1.165, 1.54) is 36.3 Å². The van der Waals surface area contributed by atoms with Gasteiger partial charge in [0.15, 0.2) is 0 Å². The van der Waals surface area contributed by atoms with Gasteiger partial charge in [0.25, 0.3) is 11.8 Å². The summed E-state index contributed by atoms with van der Waals surface area (Å²) < 4.78 is 27.6. The number of carbonyl (C=O) groups is 2. The largest absolute Gasteiger partial charge is 0.343 e. The molecular formula is C29H35F2N3O2S. The Morgan fingerprint density at radius 2 is 1.76 bits per heavy atom. The van der Waals surface area contributed by atoms with Crippen LogP contribution in [0.3, 0.4) is 0 Å². The number of unbranched alkanes of at least 4 members (excludes halogenated alkanes) is 1. The number of thiazole rings is 1. The van der Waals surface area contributed by atoms with Gasteiger partial charge in [0.1, 0.15) is 5.69 Å². The van der Waals surface area contributed by atoms with Gasteiger partial charge in [0.2, 0.25) is 5.91 Å². The molecule has 1 aliphatic rings. The minimum Gasteiger partial charge on any atom is -0.343 e. The summed E-state index contributed by atoms with van der Waals surface area (Å²) in [6, 6.07) is 13.3. The Kier molecular flexibility index (Phi) is 9.92. The summed E-state index contributed by atoms with van der Waals surface area (Å²) in [5, 5.41) is 5.52. The molecule has 2 aromatic carbocycles. The molecule has 8 heteroatoms. The van der Waals surface area contributed by atoms with Crippen LogP contribution in [0.15, 0.2) is 53.9 Å². The standard InChI is InChI=1S/C25H25F2N3O2S.C4H10/c1-16(31)30-12-10-17(11-13-30)24-29-22(15-33-24)23(32)28-21-9-4-3-8-20(21)18-6-5-7-19(14-18)25(2,26)27;1-3-4-2/h3-9,14-15,17H,10-13H2,1-2H3,(H,28,32);3-4H2,1-2H3. The van der Waals surface area contributed by atoms with Crippen LogP contribution in [0.4, 0.5) is 14.5 Å². The molecule has 0 unspecified atom stereocenters. The lowest BCUT2D eigenvalue weighted by molar-refractivity contribution is -0.129. The molecule has 3 aromatic rings. The van der Waals surface area contributed by atoms with Crippen molar-refractivity contribution in [2.45, 2.75) is 65.2 Å². The topological polar surface area (TPSA) is 62.3 Å². The number of piperidine rings is 1. The van der Waals surface area contributed by atoms with E-state index in [2.05, 4.69) is 24.1 Å². The molecule has 0 radical (unpaired) electrons. The molecule has 1 aliphatic heterocycles. The van der Waals surface area contributed by atoms with Crippen molar-refractivity contribution >= 4 is 28.8 Å². The Bertz CT molecular complexity index is 1200. The van der Waals surface area contributed by atoms with Gasteiger partial charge in [-0.1, -0.05) is 63.1 Å². The Balaban J connectivity index is 0.000000886. The maximum Gasteiger partial charge on any atom is 0.275 e. The minimum absolute atomic E-state index is 0.0823. The molecule has 1 saturated heterocycles. The van der Waals surface area contributed by atoms with Crippen LogP contribution < -0.4 is 5.32 Å². The first-order valence-electron chi connectivity index (χ1n) is 12.7. The van der Waals surface area contributed by atoms with Crippen LogP contribution in [0.5, 0.6) is 0 Å². The normalized spacial score (nSPS) is 14.1. The predicted octanol–water partition coefficient (Wildman–Crippen LogP) is 7.71. The first kappa shape index (κ1) is 28.4. The number of alkyl halides is 2. The molecule has 2 heterocycles. The highest BCUT2D eigenvalue weighted by Gasteiger charge is 2.26. The number of nitrogens with zero attached hydrogens (tertiary/aromatic N) is 2. The quantitative estimate of drug-likeness (QED) is 0.357. The molecular weight excluding hydrogens is 492 g/mol. The van der Waals surface area contributed by atoms with Crippen molar-refractivity contribution in [1.29, 1.82) is 0 Å². The Labute approximate surface area is 221 Å². The molecule has 1 aromatic heterocycles. The highest BCUT2D eigenvalue weighted by atomic mass is 32.1. The average Bonchev–Trinajstić information content (AvgIpc) is 3.39. The minimum atomic E-state index is -2.95. The number of rotatable bonds is 6. The monoisotopic (exact) mass is 527 g/mol. The molecule has 37 heavy (non-hydrogen) atoms. The summed E-state index contributed by atoms with van der Waals surface area (Å²) in [6.07, 6.45) is 4.30. The lowest BCUT2D eigenvalue weighted by atomic mass is 9.97. The summed E-state index contributed by atoms with van der Waals surface area (Å²) >= 11 is 1.45. The van der Waals surface area contributed by atoms with Gasteiger partial charge >= 0.3 is 0 Å². The second-order valence-electron chi connectivity index (χ2n) is 9.32. The van der Waals surface area contributed by atoms with Crippen molar-refractivity contribution in [1.82, 2.24) is 9.88 Å². The van der Waals surface area contributed by atoms with Crippen molar-refractivity contribution in [3.8, 4) is 11.1 Å². The van der Waals surface area contributed by atoms with E-state index in [-0.39, 0.29) is 23.3 Å². The highest BCUT2D eigenvalue weighted by Crippen LogP contribution is 2.34. The van der Waals surface area contributed by atoms with E-state index in [9.17, 15) is 18.4 Å². The molecule has 0 atom stereocenters. The molecule has 0 saturated carbocycles. The third-order valence-corrected chi connectivity index (χ3v) is 7.41. The first-order chi connectivity index (χ1) is 17.6. The zero-order valence-corrected chi connectivity index (χ0v) is 22.7. The van der Waals surface area contributed by atoms with Crippen LogP contribution in [-0.4, -0.2) is 34.8 Å². The number of nitrogens with one attached hydrogen (secondary N) is 1. The number of benzene rings is 2. The van der Waals surface area contributed by atoms with E-state index in [1.54, 1.807) is 48.7 Å². The molecule has 2 amide bonds. The summed E-state index contributed by atoms with van der Waals surface area (Å²) in [4.78, 5) is 30.8. The Hall–Kier alpha value is -3.13. The van der Waals surface area contributed by atoms with Gasteiger partial charge in [0.05, 0.1) is 5.01 Å². The third kappa shape index (κ3) is 7.68. The van der Waals surface area contributed by atoms with E-state index in [1.807, 2.05) is 4.90 Å². The lowest BCUT2D eigenvalue weighted by Crippen LogP contribution is -2.36. The van der Waals surface area contributed by atoms with Gasteiger partial charge in [-0.2, -0.15) is 0 Å². The summed E-state index contributed by atoms with van der Waals surface area (Å²) in [5.41, 5.74) is 2.03. The number of likely N-dealkylation sites (tertiary alicyclic amines) is 1. The second-order valence-corrected chi connectivity index (χ2v) is 10.2. The van der Waals surface area contributed by atoms with E-state index >= 15 is 0 Å². The molecule has 0 spiro atoms. The van der Waals surface area contributed by atoms with Crippen LogP contribution in [-0.2, 0) is 10.7 Å². The fourth-order valence-corrected chi connectivity index (χ4v) is 4.98. The highest BCUT2D eigenvalue weighted by molar-refractivity contribution is 7.10. The number of anilines is 1. The Morgan fingerprint density at radius 3 is 2.38 bits per heavy atom. The van der Waals surface area contributed by atoms with Gasteiger partial charge in [-0.15, -0.1) is 11.3 Å². The van der Waals surface area contributed by atoms with Crippen molar-refractivity contribution in [3.05, 3.63) is 70.2 Å². The number of hydrogen-bond donors (Lipinski definition) is 1. The van der Waals surface area contributed by atoms with E-state index < -0.39 is 5.92 Å². The van der Waals surface area contributed by atoms with Crippen molar-refractivity contribution in [2.24, 2.45) is 0 Å². The SMILES string of the molecule is CC(=O)N1CCC(c2nc(C(=O)Nc3ccccc3-c3cccc(C(C)(F)F)c3)cs2)CC1.CCCC. The van der Waals surface area contributed by atoms with Gasteiger partial charge < -0.3 is 10.2 Å². The summed E-state index contributed by atoms with van der Waals surface area (Å²) in [7, 11) is 0. The van der Waals surface area contributed by atoms with Gasteiger partial charge in [-0.3, -0.25) is 9.59 Å².